The molecule has 0 aromatic heterocycles. The minimum Gasteiger partial charge on any atom is -0.497 e. The van der Waals surface area contributed by atoms with Crippen LogP contribution < -0.4 is 4.74 Å². The molecule has 1 atom stereocenters. The summed E-state index contributed by atoms with van der Waals surface area (Å²) in [4.78, 5) is 0. The molecule has 0 saturated heterocycles. The number of aliphatic hydroxyl groups excluding tert-OH is 2. The van der Waals surface area contributed by atoms with Crippen molar-refractivity contribution in [1.29, 1.82) is 0 Å². The Bertz CT molecular complexity index is 363. The summed E-state index contributed by atoms with van der Waals surface area (Å²) in [6.07, 6.45) is -7.35. The average molecular weight is 236 g/mol. The lowest BCUT2D eigenvalue weighted by atomic mass is 10.0. The van der Waals surface area contributed by atoms with E-state index in [1.54, 1.807) is 0 Å². The van der Waals surface area contributed by atoms with Gasteiger partial charge in [-0.3, -0.25) is 0 Å². The largest absolute Gasteiger partial charge is 0.497 e. The molecular formula is C10H11F3O3. The number of methoxy groups -OCH3 is 1. The van der Waals surface area contributed by atoms with Crippen molar-refractivity contribution in [1.82, 2.24) is 0 Å². The number of aliphatic hydroxyl groups is 2. The lowest BCUT2D eigenvalue weighted by molar-refractivity contribution is -0.207. The molecule has 0 saturated carbocycles. The van der Waals surface area contributed by atoms with Crippen LogP contribution in [0.2, 0.25) is 0 Å². The normalized spacial score (nSPS) is 13.6. The summed E-state index contributed by atoms with van der Waals surface area (Å²) in [6.45, 7) is -0.598. The maximum Gasteiger partial charge on any atom is 0.418 e. The van der Waals surface area contributed by atoms with Crippen LogP contribution in [0.4, 0.5) is 13.2 Å². The molecule has 6 heteroatoms. The second-order valence-electron chi connectivity index (χ2n) is 3.17. The van der Waals surface area contributed by atoms with E-state index in [-0.39, 0.29) is 11.1 Å². The van der Waals surface area contributed by atoms with Gasteiger partial charge in [-0.15, -0.1) is 0 Å². The third-order valence-corrected chi connectivity index (χ3v) is 2.13. The first-order valence-electron chi connectivity index (χ1n) is 4.42. The lowest BCUT2D eigenvalue weighted by Crippen LogP contribution is -2.21. The summed E-state index contributed by atoms with van der Waals surface area (Å²) in [5.74, 6) is 0.321. The van der Waals surface area contributed by atoms with Gasteiger partial charge in [0.25, 0.3) is 0 Å². The van der Waals surface area contributed by atoms with Crippen molar-refractivity contribution < 1.29 is 28.1 Å². The zero-order valence-corrected chi connectivity index (χ0v) is 8.45. The van der Waals surface area contributed by atoms with Gasteiger partial charge in [-0.1, -0.05) is 6.07 Å². The predicted octanol–water partition coefficient (Wildman–Crippen LogP) is 1.78. The zero-order valence-electron chi connectivity index (χ0n) is 8.45. The summed E-state index contributed by atoms with van der Waals surface area (Å²) in [6, 6.07) is 3.64. The highest BCUT2D eigenvalue weighted by atomic mass is 19.4. The van der Waals surface area contributed by atoms with Crippen molar-refractivity contribution in [3.8, 4) is 5.75 Å². The average Bonchev–Trinajstić information content (AvgIpc) is 2.26. The minimum atomic E-state index is -4.75. The van der Waals surface area contributed by atoms with Gasteiger partial charge in [-0.2, -0.15) is 13.2 Å². The molecule has 1 rings (SSSR count). The Hall–Kier alpha value is -1.27. The number of hydrogen-bond donors (Lipinski definition) is 2. The van der Waals surface area contributed by atoms with Crippen LogP contribution in [-0.2, 0) is 6.61 Å². The van der Waals surface area contributed by atoms with E-state index in [1.807, 2.05) is 0 Å². The van der Waals surface area contributed by atoms with Gasteiger partial charge in [0, 0.05) is 0 Å². The molecule has 1 aromatic carbocycles. The quantitative estimate of drug-likeness (QED) is 0.841. The van der Waals surface area contributed by atoms with Gasteiger partial charge in [0.15, 0.2) is 6.10 Å². The van der Waals surface area contributed by atoms with Crippen LogP contribution in [0.3, 0.4) is 0 Å². The van der Waals surface area contributed by atoms with Crippen molar-refractivity contribution >= 4 is 0 Å². The third-order valence-electron chi connectivity index (χ3n) is 2.13. The van der Waals surface area contributed by atoms with Crippen molar-refractivity contribution in [3.63, 3.8) is 0 Å². The minimum absolute atomic E-state index is 0.0100. The standard InChI is InChI=1S/C10H11F3O3/c1-16-7-2-3-8(6(4-7)5-14)9(15)10(11,12)13/h2-4,9,14-15H,5H2,1H3. The maximum atomic E-state index is 12.3. The summed E-state index contributed by atoms with van der Waals surface area (Å²) < 4.78 is 41.6. The van der Waals surface area contributed by atoms with Gasteiger partial charge in [0.1, 0.15) is 5.75 Å². The van der Waals surface area contributed by atoms with Crippen molar-refractivity contribution in [2.75, 3.05) is 7.11 Å². The second-order valence-corrected chi connectivity index (χ2v) is 3.17. The molecule has 0 aliphatic rings. The number of hydrogen-bond acceptors (Lipinski definition) is 3. The van der Waals surface area contributed by atoms with E-state index in [0.717, 1.165) is 6.07 Å². The molecule has 1 unspecified atom stereocenters. The molecule has 3 nitrogen and oxygen atoms in total. The van der Waals surface area contributed by atoms with Crippen molar-refractivity contribution in [2.45, 2.75) is 18.9 Å². The van der Waals surface area contributed by atoms with Crippen LogP contribution in [0.5, 0.6) is 5.75 Å². The first-order valence-corrected chi connectivity index (χ1v) is 4.42. The topological polar surface area (TPSA) is 49.7 Å². The molecule has 0 aliphatic heterocycles. The Labute approximate surface area is 90.1 Å². The van der Waals surface area contributed by atoms with Gasteiger partial charge in [-0.05, 0) is 23.3 Å². The SMILES string of the molecule is COc1ccc(C(O)C(F)(F)F)c(CO)c1. The molecule has 0 radical (unpaired) electrons. The summed E-state index contributed by atoms with van der Waals surface area (Å²) in [7, 11) is 1.36. The van der Waals surface area contributed by atoms with Crippen LogP contribution in [-0.4, -0.2) is 23.5 Å². The fraction of sp³-hybridized carbons (Fsp3) is 0.400. The van der Waals surface area contributed by atoms with Crippen LogP contribution >= 0.6 is 0 Å². The highest BCUT2D eigenvalue weighted by Gasteiger charge is 2.40. The number of rotatable bonds is 3. The fourth-order valence-electron chi connectivity index (χ4n) is 1.29. The second kappa shape index (κ2) is 4.71. The fourth-order valence-corrected chi connectivity index (χ4v) is 1.29. The van der Waals surface area contributed by atoms with E-state index in [9.17, 15) is 13.2 Å². The van der Waals surface area contributed by atoms with E-state index in [2.05, 4.69) is 0 Å². The Morgan fingerprint density at radius 3 is 2.44 bits per heavy atom. The first kappa shape index (κ1) is 12.8. The Morgan fingerprint density at radius 2 is 2.00 bits per heavy atom. The van der Waals surface area contributed by atoms with Gasteiger partial charge >= 0.3 is 6.18 Å². The molecule has 0 fully saturated rings. The number of halogens is 3. The molecule has 16 heavy (non-hydrogen) atoms. The summed E-state index contributed by atoms with van der Waals surface area (Å²) in [5, 5.41) is 18.0. The molecule has 0 aliphatic carbocycles. The summed E-state index contributed by atoms with van der Waals surface area (Å²) in [5.41, 5.74) is -0.375. The number of ether oxygens (including phenoxy) is 1. The molecule has 0 heterocycles. The molecule has 90 valence electrons. The lowest BCUT2D eigenvalue weighted by Gasteiger charge is -2.18. The predicted molar refractivity (Wildman–Crippen MR) is 49.9 cm³/mol. The van der Waals surface area contributed by atoms with Gasteiger partial charge in [0.05, 0.1) is 13.7 Å². The van der Waals surface area contributed by atoms with Crippen LogP contribution in [0.15, 0.2) is 18.2 Å². The summed E-state index contributed by atoms with van der Waals surface area (Å²) >= 11 is 0. The van der Waals surface area contributed by atoms with E-state index in [4.69, 9.17) is 14.9 Å². The van der Waals surface area contributed by atoms with E-state index >= 15 is 0 Å². The van der Waals surface area contributed by atoms with Crippen LogP contribution in [0.1, 0.15) is 17.2 Å². The zero-order chi connectivity index (χ0) is 12.3. The van der Waals surface area contributed by atoms with Gasteiger partial charge < -0.3 is 14.9 Å². The van der Waals surface area contributed by atoms with Gasteiger partial charge in [0.2, 0.25) is 0 Å². The Kier molecular flexibility index (Phi) is 3.77. The third kappa shape index (κ3) is 2.65. The number of alkyl halides is 3. The van der Waals surface area contributed by atoms with E-state index < -0.39 is 18.9 Å². The first-order chi connectivity index (χ1) is 7.40. The molecule has 0 bridgehead atoms. The van der Waals surface area contributed by atoms with Crippen molar-refractivity contribution in [3.05, 3.63) is 29.3 Å². The van der Waals surface area contributed by atoms with Crippen LogP contribution in [0, 0.1) is 0 Å². The molecule has 0 spiro atoms. The molecule has 1 aromatic rings. The van der Waals surface area contributed by atoms with E-state index in [0.29, 0.717) is 5.75 Å². The number of benzene rings is 1. The monoisotopic (exact) mass is 236 g/mol. The molecular weight excluding hydrogens is 225 g/mol. The molecule has 0 amide bonds. The van der Waals surface area contributed by atoms with Gasteiger partial charge in [-0.25, -0.2) is 0 Å². The molecule has 2 N–H and O–H groups in total. The van der Waals surface area contributed by atoms with E-state index in [1.165, 1.54) is 19.2 Å². The highest BCUT2D eigenvalue weighted by Crippen LogP contribution is 2.35. The Morgan fingerprint density at radius 1 is 1.38 bits per heavy atom. The maximum absolute atomic E-state index is 12.3. The van der Waals surface area contributed by atoms with Crippen molar-refractivity contribution in [2.24, 2.45) is 0 Å². The smallest absolute Gasteiger partial charge is 0.418 e. The van der Waals surface area contributed by atoms with Crippen LogP contribution in [0.25, 0.3) is 0 Å². The highest BCUT2D eigenvalue weighted by molar-refractivity contribution is 5.37. The Balaban J connectivity index is 3.14.